The summed E-state index contributed by atoms with van der Waals surface area (Å²) in [6.45, 7) is 2.59. The summed E-state index contributed by atoms with van der Waals surface area (Å²) >= 11 is 0. The van der Waals surface area contributed by atoms with Gasteiger partial charge in [-0.05, 0) is 31.6 Å². The van der Waals surface area contributed by atoms with Crippen molar-refractivity contribution in [2.75, 3.05) is 26.4 Å². The fourth-order valence-corrected chi connectivity index (χ4v) is 3.22. The van der Waals surface area contributed by atoms with Crippen molar-refractivity contribution in [3.63, 3.8) is 0 Å². The zero-order valence-corrected chi connectivity index (χ0v) is 14.2. The molecule has 3 N–H and O–H groups in total. The maximum absolute atomic E-state index is 12.0. The molecule has 1 saturated heterocycles. The van der Waals surface area contributed by atoms with E-state index < -0.39 is 6.04 Å². The van der Waals surface area contributed by atoms with E-state index in [0.29, 0.717) is 19.3 Å². The van der Waals surface area contributed by atoms with Gasteiger partial charge in [0.1, 0.15) is 0 Å². The molecular weight excluding hydrogens is 304 g/mol. The van der Waals surface area contributed by atoms with Crippen LogP contribution >= 0.6 is 12.4 Å². The van der Waals surface area contributed by atoms with Gasteiger partial charge < -0.3 is 20.5 Å². The van der Waals surface area contributed by atoms with Crippen LogP contribution in [0, 0.1) is 5.92 Å². The molecule has 0 aromatic heterocycles. The Kier molecular flexibility index (Phi) is 10.0. The number of carbonyl (C=O) groups excluding carboxylic acids is 1. The van der Waals surface area contributed by atoms with E-state index in [9.17, 15) is 4.79 Å². The van der Waals surface area contributed by atoms with Crippen LogP contribution in [0.5, 0.6) is 0 Å². The van der Waals surface area contributed by atoms with E-state index in [2.05, 4.69) is 5.32 Å². The van der Waals surface area contributed by atoms with Crippen LogP contribution in [0.25, 0.3) is 0 Å². The molecule has 2 fully saturated rings. The molecule has 130 valence electrons. The molecule has 1 amide bonds. The molecule has 1 aliphatic heterocycles. The molecule has 0 bridgehead atoms. The quantitative estimate of drug-likeness (QED) is 0.575. The normalized spacial score (nSPS) is 22.4. The van der Waals surface area contributed by atoms with Gasteiger partial charge >= 0.3 is 0 Å². The Balaban J connectivity index is 0.00000242. The first-order valence-corrected chi connectivity index (χ1v) is 8.50. The van der Waals surface area contributed by atoms with Crippen molar-refractivity contribution in [3.8, 4) is 0 Å². The van der Waals surface area contributed by atoms with Crippen molar-refractivity contribution in [1.29, 1.82) is 0 Å². The minimum atomic E-state index is -0.410. The molecule has 1 heterocycles. The summed E-state index contributed by atoms with van der Waals surface area (Å²) in [5, 5.41) is 2.91. The number of ether oxygens (including phenoxy) is 2. The van der Waals surface area contributed by atoms with E-state index in [1.165, 1.54) is 25.7 Å². The van der Waals surface area contributed by atoms with Crippen LogP contribution in [-0.4, -0.2) is 44.4 Å². The number of nitrogens with two attached hydrogens (primary N) is 1. The molecule has 1 saturated carbocycles. The lowest BCUT2D eigenvalue weighted by Gasteiger charge is -2.26. The Bertz CT molecular complexity index is 304. The minimum Gasteiger partial charge on any atom is -0.381 e. The lowest BCUT2D eigenvalue weighted by Crippen LogP contribution is -2.47. The summed E-state index contributed by atoms with van der Waals surface area (Å²) in [6.07, 6.45) is 9.67. The molecule has 1 aliphatic carbocycles. The summed E-state index contributed by atoms with van der Waals surface area (Å²) < 4.78 is 11.2. The summed E-state index contributed by atoms with van der Waals surface area (Å²) in [6, 6.07) is -0.410. The zero-order valence-electron chi connectivity index (χ0n) is 13.4. The summed E-state index contributed by atoms with van der Waals surface area (Å²) in [7, 11) is 0. The predicted octanol–water partition coefficient (Wildman–Crippen LogP) is 2.02. The second-order valence-corrected chi connectivity index (χ2v) is 6.25. The molecule has 6 heteroatoms. The van der Waals surface area contributed by atoms with E-state index >= 15 is 0 Å². The van der Waals surface area contributed by atoms with Crippen LogP contribution in [0.4, 0.5) is 0 Å². The van der Waals surface area contributed by atoms with Crippen LogP contribution < -0.4 is 11.1 Å². The van der Waals surface area contributed by atoms with Gasteiger partial charge in [-0.15, -0.1) is 12.4 Å². The van der Waals surface area contributed by atoms with Gasteiger partial charge in [-0.25, -0.2) is 0 Å². The molecule has 0 radical (unpaired) electrons. The average molecular weight is 335 g/mol. The predicted molar refractivity (Wildman–Crippen MR) is 89.2 cm³/mol. The van der Waals surface area contributed by atoms with E-state index in [1.54, 1.807) is 0 Å². The fourth-order valence-electron chi connectivity index (χ4n) is 3.22. The van der Waals surface area contributed by atoms with Gasteiger partial charge in [-0.1, -0.05) is 25.7 Å². The topological polar surface area (TPSA) is 73.6 Å². The Hall–Kier alpha value is -0.360. The monoisotopic (exact) mass is 334 g/mol. The summed E-state index contributed by atoms with van der Waals surface area (Å²) in [5.74, 6) is 0.202. The highest BCUT2D eigenvalue weighted by atomic mass is 35.5. The number of hydrogen-bond acceptors (Lipinski definition) is 4. The number of hydrogen-bond donors (Lipinski definition) is 2. The van der Waals surface area contributed by atoms with Crippen LogP contribution in [0.2, 0.25) is 0 Å². The van der Waals surface area contributed by atoms with E-state index in [-0.39, 0.29) is 24.2 Å². The largest absolute Gasteiger partial charge is 0.381 e. The molecule has 1 unspecified atom stereocenters. The molecule has 2 rings (SSSR count). The Labute approximate surface area is 140 Å². The number of halogens is 1. The SMILES string of the molecule is Cl.NC(C(=O)NCCOC1CCCCCC1)C1CCOCC1. The number of carbonyl (C=O) groups is 1. The van der Waals surface area contributed by atoms with Crippen molar-refractivity contribution in [2.24, 2.45) is 11.7 Å². The Morgan fingerprint density at radius 1 is 1.14 bits per heavy atom. The van der Waals surface area contributed by atoms with Gasteiger partial charge in [0.15, 0.2) is 0 Å². The number of nitrogens with one attached hydrogen (secondary N) is 1. The minimum absolute atomic E-state index is 0. The fraction of sp³-hybridized carbons (Fsp3) is 0.938. The molecule has 2 aliphatic rings. The van der Waals surface area contributed by atoms with Crippen molar-refractivity contribution in [2.45, 2.75) is 63.5 Å². The van der Waals surface area contributed by atoms with Crippen molar-refractivity contribution in [3.05, 3.63) is 0 Å². The highest BCUT2D eigenvalue weighted by Crippen LogP contribution is 2.19. The maximum atomic E-state index is 12.0. The highest BCUT2D eigenvalue weighted by molar-refractivity contribution is 5.85. The third-order valence-corrected chi connectivity index (χ3v) is 4.63. The molecule has 0 aromatic carbocycles. The van der Waals surface area contributed by atoms with Crippen LogP contribution in [0.15, 0.2) is 0 Å². The zero-order chi connectivity index (χ0) is 14.9. The summed E-state index contributed by atoms with van der Waals surface area (Å²) in [4.78, 5) is 12.0. The molecule has 1 atom stereocenters. The maximum Gasteiger partial charge on any atom is 0.237 e. The number of amides is 1. The Morgan fingerprint density at radius 2 is 1.77 bits per heavy atom. The molecule has 5 nitrogen and oxygen atoms in total. The first-order chi connectivity index (χ1) is 10.3. The lowest BCUT2D eigenvalue weighted by molar-refractivity contribution is -0.124. The standard InChI is InChI=1S/C16H30N2O3.ClH/c17-15(13-7-10-20-11-8-13)16(19)18-9-12-21-14-5-3-1-2-4-6-14;/h13-15H,1-12,17H2,(H,18,19);1H. The highest BCUT2D eigenvalue weighted by Gasteiger charge is 2.26. The second kappa shape index (κ2) is 11.2. The van der Waals surface area contributed by atoms with Crippen molar-refractivity contribution >= 4 is 18.3 Å². The van der Waals surface area contributed by atoms with Crippen LogP contribution in [0.1, 0.15) is 51.4 Å². The second-order valence-electron chi connectivity index (χ2n) is 6.25. The Morgan fingerprint density at radius 3 is 2.41 bits per heavy atom. The van der Waals surface area contributed by atoms with Gasteiger partial charge in [0.2, 0.25) is 5.91 Å². The molecule has 0 spiro atoms. The molecule has 0 aromatic rings. The van der Waals surface area contributed by atoms with E-state index in [4.69, 9.17) is 15.2 Å². The van der Waals surface area contributed by atoms with E-state index in [0.717, 1.165) is 38.9 Å². The van der Waals surface area contributed by atoms with Gasteiger partial charge in [-0.3, -0.25) is 4.79 Å². The molecular formula is C16H31ClN2O3. The number of rotatable bonds is 6. The van der Waals surface area contributed by atoms with Crippen molar-refractivity contribution in [1.82, 2.24) is 5.32 Å². The first-order valence-electron chi connectivity index (χ1n) is 8.50. The van der Waals surface area contributed by atoms with Crippen LogP contribution in [0.3, 0.4) is 0 Å². The smallest absolute Gasteiger partial charge is 0.237 e. The van der Waals surface area contributed by atoms with Gasteiger partial charge in [-0.2, -0.15) is 0 Å². The third kappa shape index (κ3) is 6.82. The van der Waals surface area contributed by atoms with Gasteiger partial charge in [0, 0.05) is 19.8 Å². The first kappa shape index (κ1) is 19.7. The lowest BCUT2D eigenvalue weighted by atomic mass is 9.92. The third-order valence-electron chi connectivity index (χ3n) is 4.63. The van der Waals surface area contributed by atoms with E-state index in [1.807, 2.05) is 0 Å². The van der Waals surface area contributed by atoms with Crippen LogP contribution in [-0.2, 0) is 14.3 Å². The van der Waals surface area contributed by atoms with Gasteiger partial charge in [0.05, 0.1) is 18.8 Å². The average Bonchev–Trinajstić information content (AvgIpc) is 2.80. The van der Waals surface area contributed by atoms with Crippen molar-refractivity contribution < 1.29 is 14.3 Å². The van der Waals surface area contributed by atoms with Gasteiger partial charge in [0.25, 0.3) is 0 Å². The summed E-state index contributed by atoms with van der Waals surface area (Å²) in [5.41, 5.74) is 6.03. The molecule has 22 heavy (non-hydrogen) atoms.